The van der Waals surface area contributed by atoms with Gasteiger partial charge < -0.3 is 10.1 Å². The zero-order valence-electron chi connectivity index (χ0n) is 13.8. The normalized spacial score (nSPS) is 12.7. The van der Waals surface area contributed by atoms with Gasteiger partial charge in [-0.1, -0.05) is 51.3 Å². The molecule has 0 spiro atoms. The van der Waals surface area contributed by atoms with Gasteiger partial charge in [0.25, 0.3) is 0 Å². The average molecular weight is 277 g/mol. The van der Waals surface area contributed by atoms with Gasteiger partial charge in [-0.05, 0) is 43.9 Å². The maximum absolute atomic E-state index is 5.52. The van der Waals surface area contributed by atoms with Crippen molar-refractivity contribution in [2.75, 3.05) is 13.7 Å². The van der Waals surface area contributed by atoms with Crippen LogP contribution in [0.2, 0.25) is 0 Å². The lowest BCUT2D eigenvalue weighted by Crippen LogP contribution is -2.38. The Morgan fingerprint density at radius 2 is 1.85 bits per heavy atom. The summed E-state index contributed by atoms with van der Waals surface area (Å²) in [6.07, 6.45) is 4.69. The summed E-state index contributed by atoms with van der Waals surface area (Å²) in [5.41, 5.74) is 2.63. The van der Waals surface area contributed by atoms with E-state index in [1.165, 1.54) is 30.4 Å². The Balaban J connectivity index is 2.90. The van der Waals surface area contributed by atoms with Crippen molar-refractivity contribution in [3.05, 3.63) is 29.3 Å². The Morgan fingerprint density at radius 1 is 1.15 bits per heavy atom. The molecule has 1 atom stereocenters. The zero-order valence-corrected chi connectivity index (χ0v) is 13.8. The van der Waals surface area contributed by atoms with Crippen LogP contribution in [-0.2, 0) is 6.42 Å². The first-order valence-electron chi connectivity index (χ1n) is 8.03. The Hall–Kier alpha value is -1.02. The van der Waals surface area contributed by atoms with Gasteiger partial charge in [0.2, 0.25) is 0 Å². The van der Waals surface area contributed by atoms with Crippen molar-refractivity contribution in [1.29, 1.82) is 0 Å². The fourth-order valence-corrected chi connectivity index (χ4v) is 2.90. The molecule has 114 valence electrons. The highest BCUT2D eigenvalue weighted by molar-refractivity contribution is 5.37. The van der Waals surface area contributed by atoms with Gasteiger partial charge >= 0.3 is 0 Å². The lowest BCUT2D eigenvalue weighted by molar-refractivity contribution is 0.327. The van der Waals surface area contributed by atoms with Crippen LogP contribution in [0.25, 0.3) is 0 Å². The van der Waals surface area contributed by atoms with E-state index in [4.69, 9.17) is 4.74 Å². The second kappa shape index (κ2) is 9.02. The topological polar surface area (TPSA) is 21.3 Å². The first kappa shape index (κ1) is 17.0. The van der Waals surface area contributed by atoms with Gasteiger partial charge in [-0.15, -0.1) is 0 Å². The third kappa shape index (κ3) is 4.82. The number of benzene rings is 1. The summed E-state index contributed by atoms with van der Waals surface area (Å²) in [7, 11) is 1.76. The molecule has 0 aliphatic carbocycles. The number of rotatable bonds is 9. The third-order valence-electron chi connectivity index (χ3n) is 4.15. The summed E-state index contributed by atoms with van der Waals surface area (Å²) in [4.78, 5) is 0. The Bertz CT molecular complexity index is 385. The minimum absolute atomic E-state index is 0.542. The van der Waals surface area contributed by atoms with Gasteiger partial charge in [-0.25, -0.2) is 0 Å². The van der Waals surface area contributed by atoms with Crippen molar-refractivity contribution in [2.24, 2.45) is 5.92 Å². The average Bonchev–Trinajstić information content (AvgIpc) is 2.46. The number of hydrogen-bond acceptors (Lipinski definition) is 2. The first-order valence-corrected chi connectivity index (χ1v) is 8.03. The van der Waals surface area contributed by atoms with Crippen LogP contribution in [0.5, 0.6) is 5.75 Å². The van der Waals surface area contributed by atoms with E-state index in [9.17, 15) is 0 Å². The van der Waals surface area contributed by atoms with Gasteiger partial charge in [0.15, 0.2) is 0 Å². The molecule has 0 saturated carbocycles. The van der Waals surface area contributed by atoms with Crippen molar-refractivity contribution in [1.82, 2.24) is 5.32 Å². The Labute approximate surface area is 124 Å². The number of ether oxygens (including phenoxy) is 1. The molecule has 0 fully saturated rings. The van der Waals surface area contributed by atoms with E-state index >= 15 is 0 Å². The summed E-state index contributed by atoms with van der Waals surface area (Å²) < 4.78 is 5.52. The van der Waals surface area contributed by atoms with Crippen molar-refractivity contribution in [3.63, 3.8) is 0 Å². The molecular formula is C18H31NO. The van der Waals surface area contributed by atoms with E-state index < -0.39 is 0 Å². The lowest BCUT2D eigenvalue weighted by Gasteiger charge is -2.27. The molecule has 1 unspecified atom stereocenters. The van der Waals surface area contributed by atoms with E-state index in [-0.39, 0.29) is 0 Å². The van der Waals surface area contributed by atoms with E-state index in [2.05, 4.69) is 51.2 Å². The Kier molecular flexibility index (Phi) is 7.68. The van der Waals surface area contributed by atoms with Gasteiger partial charge in [-0.2, -0.15) is 0 Å². The fraction of sp³-hybridized carbons (Fsp3) is 0.667. The van der Waals surface area contributed by atoms with E-state index in [0.717, 1.165) is 24.6 Å². The SMILES string of the molecule is CCCNC(Cc1cc(C)ccc1OC)C(CC)CC. The standard InChI is InChI=1S/C18H31NO/c1-6-11-19-17(15(7-2)8-3)13-16-12-14(4)9-10-18(16)20-5/h9-10,12,15,17,19H,6-8,11,13H2,1-5H3. The van der Waals surface area contributed by atoms with Crippen LogP contribution < -0.4 is 10.1 Å². The van der Waals surface area contributed by atoms with E-state index in [0.29, 0.717) is 6.04 Å². The van der Waals surface area contributed by atoms with Crippen LogP contribution in [0, 0.1) is 12.8 Å². The molecule has 20 heavy (non-hydrogen) atoms. The van der Waals surface area contributed by atoms with Crippen LogP contribution in [0.3, 0.4) is 0 Å². The highest BCUT2D eigenvalue weighted by atomic mass is 16.5. The quantitative estimate of drug-likeness (QED) is 0.724. The second-order valence-electron chi connectivity index (χ2n) is 5.66. The van der Waals surface area contributed by atoms with Crippen LogP contribution in [-0.4, -0.2) is 19.7 Å². The predicted molar refractivity (Wildman–Crippen MR) is 87.6 cm³/mol. The van der Waals surface area contributed by atoms with Crippen molar-refractivity contribution in [3.8, 4) is 5.75 Å². The highest BCUT2D eigenvalue weighted by Gasteiger charge is 2.19. The number of aryl methyl sites for hydroxylation is 1. The van der Waals surface area contributed by atoms with Crippen LogP contribution >= 0.6 is 0 Å². The van der Waals surface area contributed by atoms with Crippen LogP contribution in [0.15, 0.2) is 18.2 Å². The van der Waals surface area contributed by atoms with Crippen molar-refractivity contribution in [2.45, 2.75) is 59.4 Å². The van der Waals surface area contributed by atoms with Gasteiger partial charge in [-0.3, -0.25) is 0 Å². The number of hydrogen-bond donors (Lipinski definition) is 1. The molecule has 0 radical (unpaired) electrons. The molecule has 0 aliphatic heterocycles. The monoisotopic (exact) mass is 277 g/mol. The predicted octanol–water partition coefficient (Wildman–Crippen LogP) is 4.35. The van der Waals surface area contributed by atoms with Crippen molar-refractivity contribution < 1.29 is 4.74 Å². The lowest BCUT2D eigenvalue weighted by atomic mass is 9.88. The molecule has 2 heteroatoms. The van der Waals surface area contributed by atoms with E-state index in [1.807, 2.05) is 0 Å². The van der Waals surface area contributed by atoms with Gasteiger partial charge in [0.1, 0.15) is 5.75 Å². The molecule has 1 aromatic carbocycles. The minimum Gasteiger partial charge on any atom is -0.496 e. The maximum atomic E-state index is 5.52. The molecule has 0 amide bonds. The molecule has 0 heterocycles. The number of methoxy groups -OCH3 is 1. The maximum Gasteiger partial charge on any atom is 0.122 e. The molecule has 2 nitrogen and oxygen atoms in total. The highest BCUT2D eigenvalue weighted by Crippen LogP contribution is 2.25. The molecule has 0 saturated heterocycles. The molecular weight excluding hydrogens is 246 g/mol. The minimum atomic E-state index is 0.542. The second-order valence-corrected chi connectivity index (χ2v) is 5.66. The van der Waals surface area contributed by atoms with Crippen LogP contribution in [0.4, 0.5) is 0 Å². The van der Waals surface area contributed by atoms with Crippen molar-refractivity contribution >= 4 is 0 Å². The van der Waals surface area contributed by atoms with Gasteiger partial charge in [0, 0.05) is 6.04 Å². The van der Waals surface area contributed by atoms with E-state index in [1.54, 1.807) is 7.11 Å². The summed E-state index contributed by atoms with van der Waals surface area (Å²) >= 11 is 0. The molecule has 0 bridgehead atoms. The Morgan fingerprint density at radius 3 is 2.40 bits per heavy atom. The smallest absolute Gasteiger partial charge is 0.122 e. The summed E-state index contributed by atoms with van der Waals surface area (Å²) in [6.45, 7) is 10.1. The molecule has 1 N–H and O–H groups in total. The van der Waals surface area contributed by atoms with Crippen LogP contribution in [0.1, 0.15) is 51.2 Å². The molecule has 1 rings (SSSR count). The summed E-state index contributed by atoms with van der Waals surface area (Å²) in [5.74, 6) is 1.75. The largest absolute Gasteiger partial charge is 0.496 e. The zero-order chi connectivity index (χ0) is 15.0. The first-order chi connectivity index (χ1) is 9.65. The summed E-state index contributed by atoms with van der Waals surface area (Å²) in [5, 5.41) is 3.74. The molecule has 1 aromatic rings. The molecule has 0 aromatic heterocycles. The van der Waals surface area contributed by atoms with Gasteiger partial charge in [0.05, 0.1) is 7.11 Å². The number of nitrogens with one attached hydrogen (secondary N) is 1. The fourth-order valence-electron chi connectivity index (χ4n) is 2.90. The third-order valence-corrected chi connectivity index (χ3v) is 4.15. The summed E-state index contributed by atoms with van der Waals surface area (Å²) in [6, 6.07) is 7.02. The molecule has 0 aliphatic rings.